The fourth-order valence-electron chi connectivity index (χ4n) is 2.28. The zero-order valence-corrected chi connectivity index (χ0v) is 14.3. The predicted octanol–water partition coefficient (Wildman–Crippen LogP) is 1.99. The highest BCUT2D eigenvalue weighted by molar-refractivity contribution is 6.31. The van der Waals surface area contributed by atoms with E-state index in [2.05, 4.69) is 25.7 Å². The maximum absolute atomic E-state index is 11.8. The summed E-state index contributed by atoms with van der Waals surface area (Å²) in [7, 11) is 1.59. The molecule has 0 unspecified atom stereocenters. The van der Waals surface area contributed by atoms with Crippen LogP contribution in [0.5, 0.6) is 0 Å². The second kappa shape index (κ2) is 7.91. The molecule has 0 spiro atoms. The molecule has 0 aliphatic carbocycles. The monoisotopic (exact) mass is 360 g/mol. The lowest BCUT2D eigenvalue weighted by atomic mass is 10.2. The summed E-state index contributed by atoms with van der Waals surface area (Å²) in [4.78, 5) is 20.2. The zero-order valence-electron chi connectivity index (χ0n) is 13.6. The summed E-state index contributed by atoms with van der Waals surface area (Å²) in [6.45, 7) is 1.07. The van der Waals surface area contributed by atoms with Crippen molar-refractivity contribution in [2.24, 2.45) is 0 Å². The van der Waals surface area contributed by atoms with Gasteiger partial charge in [-0.3, -0.25) is 9.48 Å². The minimum Gasteiger partial charge on any atom is -0.383 e. The van der Waals surface area contributed by atoms with Gasteiger partial charge in [0, 0.05) is 30.3 Å². The number of methoxy groups -OCH3 is 1. The number of halogens is 1. The summed E-state index contributed by atoms with van der Waals surface area (Å²) in [6.07, 6.45) is 4.83. The van der Waals surface area contributed by atoms with Gasteiger partial charge in [0.15, 0.2) is 0 Å². The number of rotatable bonds is 7. The molecule has 1 amide bonds. The number of nitrogens with zero attached hydrogens (tertiary/aromatic N) is 4. The summed E-state index contributed by atoms with van der Waals surface area (Å²) in [6, 6.07) is 5.41. The molecule has 9 heteroatoms. The van der Waals surface area contributed by atoms with E-state index >= 15 is 0 Å². The second-order valence-electron chi connectivity index (χ2n) is 5.28. The van der Waals surface area contributed by atoms with Gasteiger partial charge < -0.3 is 15.4 Å². The summed E-state index contributed by atoms with van der Waals surface area (Å²) < 4.78 is 6.43. The number of ether oxygens (including phenoxy) is 1. The third kappa shape index (κ3) is 4.43. The van der Waals surface area contributed by atoms with Crippen molar-refractivity contribution in [3.05, 3.63) is 41.9 Å². The highest BCUT2D eigenvalue weighted by Gasteiger charge is 2.08. The first-order valence-electron chi connectivity index (χ1n) is 7.61. The van der Waals surface area contributed by atoms with Crippen molar-refractivity contribution in [2.45, 2.75) is 6.54 Å². The normalized spacial score (nSPS) is 10.8. The minimum atomic E-state index is -0.131. The number of benzene rings is 1. The molecule has 25 heavy (non-hydrogen) atoms. The average Bonchev–Trinajstić information content (AvgIpc) is 3.02. The molecule has 2 N–H and O–H groups in total. The number of nitrogens with one attached hydrogen (secondary N) is 2. The molecule has 8 nitrogen and oxygen atoms in total. The van der Waals surface area contributed by atoms with Gasteiger partial charge in [0.1, 0.15) is 18.7 Å². The first-order valence-corrected chi connectivity index (χ1v) is 7.99. The van der Waals surface area contributed by atoms with E-state index in [0.29, 0.717) is 24.0 Å². The molecule has 1 aromatic carbocycles. The molecule has 0 fully saturated rings. The van der Waals surface area contributed by atoms with Crippen LogP contribution >= 0.6 is 11.6 Å². The van der Waals surface area contributed by atoms with Crippen LogP contribution in [0.1, 0.15) is 0 Å². The molecule has 0 saturated heterocycles. The van der Waals surface area contributed by atoms with Crippen molar-refractivity contribution >= 4 is 39.9 Å². The Balaban J connectivity index is 1.68. The quantitative estimate of drug-likeness (QED) is 0.626. The van der Waals surface area contributed by atoms with Crippen LogP contribution in [0.4, 0.5) is 11.5 Å². The Labute approximate surface area is 149 Å². The fourth-order valence-corrected chi connectivity index (χ4v) is 2.44. The SMILES string of the molecule is COCCNC(=O)Cn1cc(Nc2ncnc3cc(Cl)ccc23)cn1. The molecule has 0 aliphatic rings. The lowest BCUT2D eigenvalue weighted by molar-refractivity contribution is -0.122. The Morgan fingerprint density at radius 2 is 2.24 bits per heavy atom. The number of hydrogen-bond acceptors (Lipinski definition) is 6. The molecular formula is C16H17ClN6O2. The molecule has 2 aromatic heterocycles. The molecule has 0 radical (unpaired) electrons. The fraction of sp³-hybridized carbons (Fsp3) is 0.250. The van der Waals surface area contributed by atoms with Crippen LogP contribution in [-0.2, 0) is 16.1 Å². The largest absolute Gasteiger partial charge is 0.383 e. The molecule has 0 bridgehead atoms. The van der Waals surface area contributed by atoms with Gasteiger partial charge >= 0.3 is 0 Å². The van der Waals surface area contributed by atoms with Gasteiger partial charge in [0.25, 0.3) is 0 Å². The molecule has 0 aliphatic heterocycles. The van der Waals surface area contributed by atoms with E-state index in [1.807, 2.05) is 6.07 Å². The van der Waals surface area contributed by atoms with Crippen molar-refractivity contribution in [3.63, 3.8) is 0 Å². The molecule has 2 heterocycles. The summed E-state index contributed by atoms with van der Waals surface area (Å²) >= 11 is 5.99. The van der Waals surface area contributed by atoms with Crippen LogP contribution in [-0.4, -0.2) is 45.9 Å². The molecule has 0 saturated carbocycles. The van der Waals surface area contributed by atoms with Crippen molar-refractivity contribution in [2.75, 3.05) is 25.6 Å². The number of carbonyl (C=O) groups is 1. The van der Waals surface area contributed by atoms with E-state index < -0.39 is 0 Å². The van der Waals surface area contributed by atoms with Gasteiger partial charge in [-0.1, -0.05) is 11.6 Å². The average molecular weight is 361 g/mol. The van der Waals surface area contributed by atoms with Crippen LogP contribution in [0.25, 0.3) is 10.9 Å². The first kappa shape index (κ1) is 17.1. The topological polar surface area (TPSA) is 94.0 Å². The number of fused-ring (bicyclic) bond motifs is 1. The van der Waals surface area contributed by atoms with Crippen LogP contribution in [0.2, 0.25) is 5.02 Å². The van der Waals surface area contributed by atoms with E-state index in [4.69, 9.17) is 16.3 Å². The lowest BCUT2D eigenvalue weighted by Crippen LogP contribution is -2.30. The zero-order chi connectivity index (χ0) is 17.6. The van der Waals surface area contributed by atoms with Gasteiger partial charge in [-0.15, -0.1) is 0 Å². The Hall–Kier alpha value is -2.71. The highest BCUT2D eigenvalue weighted by atomic mass is 35.5. The predicted molar refractivity (Wildman–Crippen MR) is 94.9 cm³/mol. The van der Waals surface area contributed by atoms with Crippen LogP contribution in [0.3, 0.4) is 0 Å². The first-order chi connectivity index (χ1) is 12.2. The molecular weight excluding hydrogens is 344 g/mol. The maximum Gasteiger partial charge on any atom is 0.241 e. The van der Waals surface area contributed by atoms with Crippen LogP contribution in [0.15, 0.2) is 36.9 Å². The second-order valence-corrected chi connectivity index (χ2v) is 5.71. The summed E-state index contributed by atoms with van der Waals surface area (Å²) in [5, 5.41) is 11.6. The van der Waals surface area contributed by atoms with E-state index in [1.165, 1.54) is 6.33 Å². The van der Waals surface area contributed by atoms with Gasteiger partial charge in [0.05, 0.1) is 24.0 Å². The van der Waals surface area contributed by atoms with Gasteiger partial charge in [0.2, 0.25) is 5.91 Å². The highest BCUT2D eigenvalue weighted by Crippen LogP contribution is 2.24. The van der Waals surface area contributed by atoms with Gasteiger partial charge in [-0.2, -0.15) is 5.10 Å². The third-order valence-electron chi connectivity index (χ3n) is 3.43. The number of carbonyl (C=O) groups excluding carboxylic acids is 1. The van der Waals surface area contributed by atoms with E-state index in [0.717, 1.165) is 16.6 Å². The van der Waals surface area contributed by atoms with E-state index in [-0.39, 0.29) is 12.5 Å². The third-order valence-corrected chi connectivity index (χ3v) is 3.66. The standard InChI is InChI=1S/C16H17ClN6O2/c1-25-5-4-18-15(24)9-23-8-12(7-21-23)22-16-13-3-2-11(17)6-14(13)19-10-20-16/h2-3,6-8,10H,4-5,9H2,1H3,(H,18,24)(H,19,20,22). The Kier molecular flexibility index (Phi) is 5.42. The van der Waals surface area contributed by atoms with Crippen LogP contribution < -0.4 is 10.6 Å². The molecule has 130 valence electrons. The van der Waals surface area contributed by atoms with Crippen molar-refractivity contribution in [1.82, 2.24) is 25.1 Å². The van der Waals surface area contributed by atoms with E-state index in [9.17, 15) is 4.79 Å². The summed E-state index contributed by atoms with van der Waals surface area (Å²) in [5.41, 5.74) is 1.47. The minimum absolute atomic E-state index is 0.130. The number of anilines is 2. The smallest absolute Gasteiger partial charge is 0.241 e. The Bertz CT molecular complexity index is 882. The number of amides is 1. The van der Waals surface area contributed by atoms with E-state index in [1.54, 1.807) is 36.3 Å². The maximum atomic E-state index is 11.8. The van der Waals surface area contributed by atoms with Gasteiger partial charge in [-0.25, -0.2) is 9.97 Å². The summed E-state index contributed by atoms with van der Waals surface area (Å²) in [5.74, 6) is 0.514. The molecule has 3 rings (SSSR count). The molecule has 3 aromatic rings. The van der Waals surface area contributed by atoms with Crippen molar-refractivity contribution in [3.8, 4) is 0 Å². The number of aromatic nitrogens is 4. The van der Waals surface area contributed by atoms with Crippen molar-refractivity contribution < 1.29 is 9.53 Å². The lowest BCUT2D eigenvalue weighted by Gasteiger charge is -2.06. The van der Waals surface area contributed by atoms with Crippen LogP contribution in [0, 0.1) is 0 Å². The number of hydrogen-bond donors (Lipinski definition) is 2. The van der Waals surface area contributed by atoms with Gasteiger partial charge in [-0.05, 0) is 18.2 Å². The molecule has 0 atom stereocenters. The Morgan fingerprint density at radius 1 is 1.36 bits per heavy atom. The van der Waals surface area contributed by atoms with Crippen molar-refractivity contribution in [1.29, 1.82) is 0 Å². The Morgan fingerprint density at radius 3 is 3.08 bits per heavy atom.